The molecule has 0 aromatic heterocycles. The first-order valence-corrected chi connectivity index (χ1v) is 7.24. The van der Waals surface area contributed by atoms with Crippen molar-refractivity contribution in [3.8, 4) is 0 Å². The van der Waals surface area contributed by atoms with Gasteiger partial charge in [0.05, 0.1) is 0 Å². The van der Waals surface area contributed by atoms with E-state index < -0.39 is 5.97 Å². The minimum atomic E-state index is -0.846. The maximum absolute atomic E-state index is 11.7. The average molecular weight is 343 g/mol. The van der Waals surface area contributed by atoms with Crippen LogP contribution in [0.1, 0.15) is 25.3 Å². The van der Waals surface area contributed by atoms with Gasteiger partial charge < -0.3 is 15.7 Å². The number of benzene rings is 1. The number of aryl methyl sites for hydroxylation is 1. The minimum Gasteiger partial charge on any atom is -0.481 e. The standard InChI is InChI=1S/C14H19BrN2O3/c1-3-10(6-13(18)19)8-16-14(20)17-11-5-4-9(2)12(15)7-11/h4-5,7,10H,3,6,8H2,1-2H3,(H,18,19)(H2,16,17,20). The van der Waals surface area contributed by atoms with E-state index in [-0.39, 0.29) is 18.4 Å². The maximum Gasteiger partial charge on any atom is 0.319 e. The average Bonchev–Trinajstić information content (AvgIpc) is 2.38. The highest BCUT2D eigenvalue weighted by molar-refractivity contribution is 9.10. The molecule has 0 bridgehead atoms. The SMILES string of the molecule is CCC(CNC(=O)Nc1ccc(C)c(Br)c1)CC(=O)O. The molecule has 1 rings (SSSR count). The summed E-state index contributed by atoms with van der Waals surface area (Å²) in [5, 5.41) is 14.1. The first-order valence-electron chi connectivity index (χ1n) is 6.45. The predicted molar refractivity (Wildman–Crippen MR) is 81.9 cm³/mol. The van der Waals surface area contributed by atoms with E-state index in [1.807, 2.05) is 32.0 Å². The van der Waals surface area contributed by atoms with Crippen molar-refractivity contribution in [3.63, 3.8) is 0 Å². The van der Waals surface area contributed by atoms with Crippen molar-refractivity contribution < 1.29 is 14.7 Å². The number of hydrogen-bond acceptors (Lipinski definition) is 2. The molecule has 1 unspecified atom stereocenters. The molecule has 3 N–H and O–H groups in total. The second-order valence-corrected chi connectivity index (χ2v) is 5.53. The lowest BCUT2D eigenvalue weighted by molar-refractivity contribution is -0.138. The number of carbonyl (C=O) groups excluding carboxylic acids is 1. The van der Waals surface area contributed by atoms with E-state index in [1.54, 1.807) is 0 Å². The minimum absolute atomic E-state index is 0.0528. The quantitative estimate of drug-likeness (QED) is 0.741. The Morgan fingerprint density at radius 2 is 2.10 bits per heavy atom. The Bertz CT molecular complexity index is 491. The second-order valence-electron chi connectivity index (χ2n) is 4.67. The van der Waals surface area contributed by atoms with Gasteiger partial charge in [0.2, 0.25) is 0 Å². The van der Waals surface area contributed by atoms with Crippen LogP contribution in [0.15, 0.2) is 22.7 Å². The lowest BCUT2D eigenvalue weighted by Gasteiger charge is -2.14. The Hall–Kier alpha value is -1.56. The lowest BCUT2D eigenvalue weighted by atomic mass is 10.0. The molecule has 1 aromatic rings. The third-order valence-electron chi connectivity index (χ3n) is 3.02. The van der Waals surface area contributed by atoms with E-state index in [9.17, 15) is 9.59 Å². The number of halogens is 1. The van der Waals surface area contributed by atoms with Crippen LogP contribution in [0.25, 0.3) is 0 Å². The number of urea groups is 1. The molecule has 0 heterocycles. The summed E-state index contributed by atoms with van der Waals surface area (Å²) in [4.78, 5) is 22.4. The van der Waals surface area contributed by atoms with Gasteiger partial charge in [-0.25, -0.2) is 4.79 Å². The molecular weight excluding hydrogens is 324 g/mol. The van der Waals surface area contributed by atoms with Gasteiger partial charge in [-0.2, -0.15) is 0 Å². The van der Waals surface area contributed by atoms with Gasteiger partial charge in [0, 0.05) is 23.1 Å². The number of aliphatic carboxylic acids is 1. The molecule has 1 aromatic carbocycles. The normalized spacial score (nSPS) is 11.8. The highest BCUT2D eigenvalue weighted by atomic mass is 79.9. The van der Waals surface area contributed by atoms with Crippen molar-refractivity contribution >= 4 is 33.6 Å². The maximum atomic E-state index is 11.7. The highest BCUT2D eigenvalue weighted by Crippen LogP contribution is 2.20. The summed E-state index contributed by atoms with van der Waals surface area (Å²) in [7, 11) is 0. The van der Waals surface area contributed by atoms with Gasteiger partial charge in [0.1, 0.15) is 0 Å². The summed E-state index contributed by atoms with van der Waals surface area (Å²) in [6, 6.07) is 5.21. The van der Waals surface area contributed by atoms with Crippen molar-refractivity contribution in [2.75, 3.05) is 11.9 Å². The molecule has 0 aliphatic rings. The topological polar surface area (TPSA) is 78.4 Å². The first kappa shape index (κ1) is 16.5. The molecule has 0 radical (unpaired) electrons. The van der Waals surface area contributed by atoms with Gasteiger partial charge in [-0.1, -0.05) is 35.3 Å². The van der Waals surface area contributed by atoms with Crippen molar-refractivity contribution in [2.45, 2.75) is 26.7 Å². The zero-order chi connectivity index (χ0) is 15.1. The summed E-state index contributed by atoms with van der Waals surface area (Å²) in [6.07, 6.45) is 0.773. The molecule has 110 valence electrons. The number of amides is 2. The van der Waals surface area contributed by atoms with Gasteiger partial charge in [-0.3, -0.25) is 4.79 Å². The smallest absolute Gasteiger partial charge is 0.319 e. The third-order valence-corrected chi connectivity index (χ3v) is 3.88. The Morgan fingerprint density at radius 1 is 1.40 bits per heavy atom. The molecule has 5 nitrogen and oxygen atoms in total. The van der Waals surface area contributed by atoms with Crippen LogP contribution < -0.4 is 10.6 Å². The number of carboxylic acid groups (broad SMARTS) is 1. The fourth-order valence-corrected chi connectivity index (χ4v) is 2.07. The number of carboxylic acids is 1. The molecule has 6 heteroatoms. The first-order chi connectivity index (χ1) is 9.42. The zero-order valence-corrected chi connectivity index (χ0v) is 13.2. The van der Waals surface area contributed by atoms with Gasteiger partial charge in [0.25, 0.3) is 0 Å². The molecule has 2 amide bonds. The van der Waals surface area contributed by atoms with Crippen molar-refractivity contribution in [3.05, 3.63) is 28.2 Å². The molecule has 0 aliphatic carbocycles. The number of carbonyl (C=O) groups is 2. The Morgan fingerprint density at radius 3 is 2.65 bits per heavy atom. The number of rotatable bonds is 6. The summed E-state index contributed by atoms with van der Waals surface area (Å²) in [5.74, 6) is -0.899. The van der Waals surface area contributed by atoms with Gasteiger partial charge in [-0.15, -0.1) is 0 Å². The molecule has 0 saturated heterocycles. The fourth-order valence-electron chi connectivity index (χ4n) is 1.69. The van der Waals surface area contributed by atoms with Crippen LogP contribution in [-0.4, -0.2) is 23.7 Å². The van der Waals surface area contributed by atoms with E-state index >= 15 is 0 Å². The van der Waals surface area contributed by atoms with Crippen LogP contribution in [0.3, 0.4) is 0 Å². The van der Waals surface area contributed by atoms with Crippen molar-refractivity contribution in [1.82, 2.24) is 5.32 Å². The van der Waals surface area contributed by atoms with Gasteiger partial charge in [0.15, 0.2) is 0 Å². The summed E-state index contributed by atoms with van der Waals surface area (Å²) in [6.45, 7) is 4.22. The van der Waals surface area contributed by atoms with Crippen LogP contribution in [0.4, 0.5) is 10.5 Å². The zero-order valence-electron chi connectivity index (χ0n) is 11.6. The molecular formula is C14H19BrN2O3. The van der Waals surface area contributed by atoms with Gasteiger partial charge in [-0.05, 0) is 30.5 Å². The van der Waals surface area contributed by atoms with Crippen LogP contribution in [0.5, 0.6) is 0 Å². The molecule has 0 fully saturated rings. The summed E-state index contributed by atoms with van der Waals surface area (Å²) in [5.41, 5.74) is 1.77. The number of nitrogens with one attached hydrogen (secondary N) is 2. The monoisotopic (exact) mass is 342 g/mol. The lowest BCUT2D eigenvalue weighted by Crippen LogP contribution is -2.33. The second kappa shape index (κ2) is 7.89. The van der Waals surface area contributed by atoms with Crippen molar-refractivity contribution in [2.24, 2.45) is 5.92 Å². The van der Waals surface area contributed by atoms with E-state index in [1.165, 1.54) is 0 Å². The fraction of sp³-hybridized carbons (Fsp3) is 0.429. The highest BCUT2D eigenvalue weighted by Gasteiger charge is 2.12. The van der Waals surface area contributed by atoms with Crippen LogP contribution in [0, 0.1) is 12.8 Å². The summed E-state index contributed by atoms with van der Waals surface area (Å²) >= 11 is 3.40. The Kier molecular flexibility index (Phi) is 6.51. The van der Waals surface area contributed by atoms with Gasteiger partial charge >= 0.3 is 12.0 Å². The van der Waals surface area contributed by atoms with Crippen molar-refractivity contribution in [1.29, 1.82) is 0 Å². The summed E-state index contributed by atoms with van der Waals surface area (Å²) < 4.78 is 0.924. The van der Waals surface area contributed by atoms with Crippen LogP contribution in [0.2, 0.25) is 0 Å². The molecule has 1 atom stereocenters. The Balaban J connectivity index is 2.46. The largest absolute Gasteiger partial charge is 0.481 e. The van der Waals surface area contributed by atoms with E-state index in [0.29, 0.717) is 18.7 Å². The molecule has 0 saturated carbocycles. The third kappa shape index (κ3) is 5.61. The Labute approximate surface area is 126 Å². The van der Waals surface area contributed by atoms with E-state index in [0.717, 1.165) is 10.0 Å². The molecule has 20 heavy (non-hydrogen) atoms. The van der Waals surface area contributed by atoms with E-state index in [4.69, 9.17) is 5.11 Å². The molecule has 0 spiro atoms. The number of hydrogen-bond donors (Lipinski definition) is 3. The number of anilines is 1. The van der Waals surface area contributed by atoms with Crippen LogP contribution >= 0.6 is 15.9 Å². The van der Waals surface area contributed by atoms with E-state index in [2.05, 4.69) is 26.6 Å². The predicted octanol–water partition coefficient (Wildman–Crippen LogP) is 3.38. The molecule has 0 aliphatic heterocycles. The van der Waals surface area contributed by atoms with Crippen LogP contribution in [-0.2, 0) is 4.79 Å².